The lowest BCUT2D eigenvalue weighted by atomic mass is 9.84. The number of rotatable bonds is 8. The third-order valence-electron chi connectivity index (χ3n) is 4.79. The molecule has 0 aliphatic heterocycles. The van der Waals surface area contributed by atoms with Crippen LogP contribution >= 0.6 is 0 Å². The molecule has 0 aromatic rings. The second kappa shape index (κ2) is 6.26. The quantitative estimate of drug-likeness (QED) is 0.445. The van der Waals surface area contributed by atoms with E-state index in [9.17, 15) is 29.0 Å². The molecule has 5 atom stereocenters. The third-order valence-corrected chi connectivity index (χ3v) is 4.79. The molecular weight excluding hydrogens is 341 g/mol. The SMILES string of the molecule is C=CCOC(=O)N[C@@]1(C(=O)O)[C@H](OCCC)C[C@@H]2[C@@]1(O)[C@@]2(F)C(=O)O. The molecule has 0 saturated heterocycles. The lowest BCUT2D eigenvalue weighted by Crippen LogP contribution is -2.71. The van der Waals surface area contributed by atoms with Crippen molar-refractivity contribution in [1.82, 2.24) is 5.32 Å². The van der Waals surface area contributed by atoms with Gasteiger partial charge >= 0.3 is 18.0 Å². The van der Waals surface area contributed by atoms with Crippen LogP contribution in [0.1, 0.15) is 19.8 Å². The molecule has 25 heavy (non-hydrogen) atoms. The Kier molecular flexibility index (Phi) is 4.79. The molecule has 10 heteroatoms. The Morgan fingerprint density at radius 3 is 2.48 bits per heavy atom. The molecule has 0 aromatic heterocycles. The maximum Gasteiger partial charge on any atom is 0.408 e. The number of carboxylic acids is 2. The fourth-order valence-corrected chi connectivity index (χ4v) is 3.65. The Bertz CT molecular complexity index is 612. The van der Waals surface area contributed by atoms with Crippen molar-refractivity contribution >= 4 is 18.0 Å². The number of amides is 1. The third kappa shape index (κ3) is 2.31. The first-order valence-corrected chi connectivity index (χ1v) is 7.70. The summed E-state index contributed by atoms with van der Waals surface area (Å²) in [4.78, 5) is 35.1. The van der Waals surface area contributed by atoms with Gasteiger partial charge in [0.15, 0.2) is 11.1 Å². The van der Waals surface area contributed by atoms with E-state index in [0.29, 0.717) is 6.42 Å². The number of hydrogen-bond acceptors (Lipinski definition) is 6. The molecule has 0 bridgehead atoms. The highest BCUT2D eigenvalue weighted by Crippen LogP contribution is 2.70. The van der Waals surface area contributed by atoms with E-state index in [1.54, 1.807) is 6.92 Å². The molecular formula is C15H20FNO8. The lowest BCUT2D eigenvalue weighted by molar-refractivity contribution is -0.170. The topological polar surface area (TPSA) is 142 Å². The van der Waals surface area contributed by atoms with Gasteiger partial charge in [-0.3, -0.25) is 0 Å². The zero-order chi connectivity index (χ0) is 19.0. The number of aliphatic carboxylic acids is 2. The van der Waals surface area contributed by atoms with Crippen LogP contribution in [-0.4, -0.2) is 69.5 Å². The molecule has 4 N–H and O–H groups in total. The number of alkyl carbamates (subject to hydrolysis) is 1. The van der Waals surface area contributed by atoms with E-state index in [2.05, 4.69) is 11.3 Å². The fourth-order valence-electron chi connectivity index (χ4n) is 3.65. The average molecular weight is 361 g/mol. The molecule has 140 valence electrons. The molecule has 0 heterocycles. The minimum Gasteiger partial charge on any atom is -0.479 e. The Balaban J connectivity index is 2.44. The maximum absolute atomic E-state index is 14.8. The van der Waals surface area contributed by atoms with Gasteiger partial charge in [-0.25, -0.2) is 18.8 Å². The van der Waals surface area contributed by atoms with E-state index < -0.39 is 46.9 Å². The first-order valence-electron chi connectivity index (χ1n) is 7.70. The number of halogens is 1. The standard InChI is InChI=1S/C15H20FNO8/c1-3-5-24-9-7-8-13(16,10(18)19)15(8,23)14(9,11(20)21)17-12(22)25-6-4-2/h4,8-9,23H,2-3,5-7H2,1H3,(H,17,22)(H,18,19)(H,20,21)/t8-,9+,13-,14+,15+/m0/s1. The summed E-state index contributed by atoms with van der Waals surface area (Å²) in [6.07, 6.45) is -1.25. The second-order valence-electron chi connectivity index (χ2n) is 6.06. The number of hydrogen-bond donors (Lipinski definition) is 4. The lowest BCUT2D eigenvalue weighted by Gasteiger charge is -2.38. The zero-order valence-electron chi connectivity index (χ0n) is 13.5. The van der Waals surface area contributed by atoms with E-state index in [-0.39, 0.29) is 19.6 Å². The fraction of sp³-hybridized carbons (Fsp3) is 0.667. The van der Waals surface area contributed by atoms with Gasteiger partial charge in [-0.1, -0.05) is 19.6 Å². The van der Waals surface area contributed by atoms with Gasteiger partial charge in [0, 0.05) is 12.5 Å². The maximum atomic E-state index is 14.8. The number of ether oxygens (including phenoxy) is 2. The molecule has 0 spiro atoms. The summed E-state index contributed by atoms with van der Waals surface area (Å²) in [5.41, 5.74) is -8.76. The Labute approximate surface area is 142 Å². The Morgan fingerprint density at radius 1 is 1.36 bits per heavy atom. The van der Waals surface area contributed by atoms with Crippen molar-refractivity contribution in [2.24, 2.45) is 5.92 Å². The van der Waals surface area contributed by atoms with Crippen LogP contribution in [0.3, 0.4) is 0 Å². The van der Waals surface area contributed by atoms with Crippen molar-refractivity contribution in [1.29, 1.82) is 0 Å². The van der Waals surface area contributed by atoms with E-state index in [1.165, 1.54) is 6.08 Å². The van der Waals surface area contributed by atoms with Crippen LogP contribution in [0, 0.1) is 5.92 Å². The van der Waals surface area contributed by atoms with Crippen LogP contribution in [0.25, 0.3) is 0 Å². The number of carboxylic acid groups (broad SMARTS) is 2. The predicted octanol–water partition coefficient (Wildman–Crippen LogP) is 0.0747. The van der Waals surface area contributed by atoms with Crippen LogP contribution in [0.4, 0.5) is 9.18 Å². The monoisotopic (exact) mass is 361 g/mol. The molecule has 1 amide bonds. The first-order chi connectivity index (χ1) is 11.6. The van der Waals surface area contributed by atoms with Crippen molar-refractivity contribution in [2.75, 3.05) is 13.2 Å². The van der Waals surface area contributed by atoms with Gasteiger partial charge in [0.1, 0.15) is 6.61 Å². The number of nitrogens with one attached hydrogen (secondary N) is 1. The summed E-state index contributed by atoms with van der Waals surface area (Å²) < 4.78 is 24.8. The van der Waals surface area contributed by atoms with Gasteiger partial charge in [0.2, 0.25) is 5.67 Å². The van der Waals surface area contributed by atoms with Crippen LogP contribution in [0.15, 0.2) is 12.7 Å². The second-order valence-corrected chi connectivity index (χ2v) is 6.06. The van der Waals surface area contributed by atoms with Crippen LogP contribution in [0.5, 0.6) is 0 Å². The summed E-state index contributed by atoms with van der Waals surface area (Å²) in [5.74, 6) is -5.34. The van der Waals surface area contributed by atoms with Gasteiger partial charge < -0.3 is 30.1 Å². The number of carbonyl (C=O) groups is 3. The normalized spacial score (nSPS) is 38.5. The molecule has 0 radical (unpaired) electrons. The van der Waals surface area contributed by atoms with Crippen LogP contribution < -0.4 is 5.32 Å². The molecule has 2 saturated carbocycles. The number of fused-ring (bicyclic) bond motifs is 1. The first kappa shape index (κ1) is 19.1. The average Bonchev–Trinajstić information content (AvgIpc) is 2.91. The van der Waals surface area contributed by atoms with Gasteiger partial charge in [-0.15, -0.1) is 0 Å². The highest BCUT2D eigenvalue weighted by atomic mass is 19.1. The van der Waals surface area contributed by atoms with Crippen molar-refractivity contribution < 1.29 is 43.6 Å². The van der Waals surface area contributed by atoms with Gasteiger partial charge in [0.25, 0.3) is 0 Å². The molecule has 2 rings (SSSR count). The largest absolute Gasteiger partial charge is 0.479 e. The zero-order valence-corrected chi connectivity index (χ0v) is 13.5. The van der Waals surface area contributed by atoms with E-state index in [1.807, 2.05) is 5.32 Å². The summed E-state index contributed by atoms with van der Waals surface area (Å²) in [5, 5.41) is 31.4. The van der Waals surface area contributed by atoms with Crippen molar-refractivity contribution in [3.63, 3.8) is 0 Å². The molecule has 0 aromatic carbocycles. The number of alkyl halides is 1. The Hall–Kier alpha value is -2.20. The molecule has 9 nitrogen and oxygen atoms in total. The highest BCUT2D eigenvalue weighted by molar-refractivity contribution is 5.96. The minimum absolute atomic E-state index is 0.0816. The molecule has 2 fully saturated rings. The highest BCUT2D eigenvalue weighted by Gasteiger charge is 2.97. The minimum atomic E-state index is -3.21. The number of carbonyl (C=O) groups excluding carboxylic acids is 1. The summed E-state index contributed by atoms with van der Waals surface area (Å²) >= 11 is 0. The van der Waals surface area contributed by atoms with Gasteiger partial charge in [-0.05, 0) is 12.8 Å². The molecule has 0 unspecified atom stereocenters. The molecule has 2 aliphatic rings. The van der Waals surface area contributed by atoms with Gasteiger partial charge in [0.05, 0.1) is 6.10 Å². The van der Waals surface area contributed by atoms with Crippen LogP contribution in [-0.2, 0) is 19.1 Å². The summed E-state index contributed by atoms with van der Waals surface area (Å²) in [7, 11) is 0. The van der Waals surface area contributed by atoms with Crippen molar-refractivity contribution in [2.45, 2.75) is 42.7 Å². The van der Waals surface area contributed by atoms with E-state index in [0.717, 1.165) is 0 Å². The molecule has 2 aliphatic carbocycles. The van der Waals surface area contributed by atoms with Gasteiger partial charge in [-0.2, -0.15) is 0 Å². The van der Waals surface area contributed by atoms with Crippen LogP contribution in [0.2, 0.25) is 0 Å². The number of aliphatic hydroxyl groups is 1. The summed E-state index contributed by atoms with van der Waals surface area (Å²) in [6, 6.07) is 0. The summed E-state index contributed by atoms with van der Waals surface area (Å²) in [6.45, 7) is 4.89. The van der Waals surface area contributed by atoms with Crippen molar-refractivity contribution in [3.05, 3.63) is 12.7 Å². The van der Waals surface area contributed by atoms with E-state index in [4.69, 9.17) is 9.84 Å². The smallest absolute Gasteiger partial charge is 0.408 e. The predicted molar refractivity (Wildman–Crippen MR) is 79.6 cm³/mol. The van der Waals surface area contributed by atoms with E-state index >= 15 is 0 Å². The van der Waals surface area contributed by atoms with Crippen molar-refractivity contribution in [3.8, 4) is 0 Å². The Morgan fingerprint density at radius 2 is 2.00 bits per heavy atom.